The molecule has 2 aromatic rings. The average Bonchev–Trinajstić information content (AvgIpc) is 2.68. The molecular weight excluding hydrogens is 263 g/mol. The van der Waals surface area contributed by atoms with E-state index in [1.807, 2.05) is 26.8 Å². The lowest BCUT2D eigenvalue weighted by Crippen LogP contribution is -2.00. The minimum absolute atomic E-state index is 0.290. The lowest BCUT2D eigenvalue weighted by molar-refractivity contribution is 0.321. The van der Waals surface area contributed by atoms with Gasteiger partial charge in [-0.15, -0.1) is 11.3 Å². The van der Waals surface area contributed by atoms with E-state index in [0.29, 0.717) is 13.2 Å². The van der Waals surface area contributed by atoms with Crippen molar-refractivity contribution >= 4 is 17.0 Å². The molecule has 19 heavy (non-hydrogen) atoms. The Labute approximate surface area is 116 Å². The summed E-state index contributed by atoms with van der Waals surface area (Å²) < 4.78 is 18.8. The second kappa shape index (κ2) is 6.02. The van der Waals surface area contributed by atoms with Crippen molar-refractivity contribution in [2.75, 3.05) is 11.9 Å². The molecule has 0 spiro atoms. The number of thiazole rings is 1. The fourth-order valence-corrected chi connectivity index (χ4v) is 2.68. The maximum absolute atomic E-state index is 13.7. The zero-order chi connectivity index (χ0) is 13.8. The predicted molar refractivity (Wildman–Crippen MR) is 76.5 cm³/mol. The van der Waals surface area contributed by atoms with E-state index in [9.17, 15) is 4.39 Å². The highest BCUT2D eigenvalue weighted by atomic mass is 32.1. The van der Waals surface area contributed by atoms with Gasteiger partial charge >= 0.3 is 0 Å². The summed E-state index contributed by atoms with van der Waals surface area (Å²) in [4.78, 5) is 5.54. The van der Waals surface area contributed by atoms with Crippen molar-refractivity contribution in [3.05, 3.63) is 39.6 Å². The maximum atomic E-state index is 13.7. The summed E-state index contributed by atoms with van der Waals surface area (Å²) in [6.07, 6.45) is 0. The van der Waals surface area contributed by atoms with Crippen molar-refractivity contribution < 1.29 is 9.13 Å². The fourth-order valence-electron chi connectivity index (χ4n) is 1.80. The number of anilines is 1. The molecule has 5 heteroatoms. The van der Waals surface area contributed by atoms with Gasteiger partial charge in [0.1, 0.15) is 0 Å². The lowest BCUT2D eigenvalue weighted by Gasteiger charge is -2.08. The van der Waals surface area contributed by atoms with Crippen LogP contribution in [-0.4, -0.2) is 11.6 Å². The van der Waals surface area contributed by atoms with Gasteiger partial charge in [-0.1, -0.05) is 0 Å². The summed E-state index contributed by atoms with van der Waals surface area (Å²) in [5, 5.41) is 4.25. The van der Waals surface area contributed by atoms with Gasteiger partial charge in [-0.25, -0.2) is 9.37 Å². The van der Waals surface area contributed by atoms with Crippen LogP contribution in [0.15, 0.2) is 18.2 Å². The zero-order valence-electron chi connectivity index (χ0n) is 11.3. The summed E-state index contributed by atoms with van der Waals surface area (Å²) in [5.74, 6) is -0.0538. The molecule has 0 saturated heterocycles. The third-order valence-electron chi connectivity index (χ3n) is 2.68. The Bertz CT molecular complexity index is 569. The Hall–Kier alpha value is -1.62. The van der Waals surface area contributed by atoms with Crippen LogP contribution in [-0.2, 0) is 6.54 Å². The Kier molecular flexibility index (Phi) is 4.37. The maximum Gasteiger partial charge on any atom is 0.167 e. The molecule has 0 saturated carbocycles. The smallest absolute Gasteiger partial charge is 0.167 e. The molecule has 1 N–H and O–H groups in total. The van der Waals surface area contributed by atoms with E-state index in [4.69, 9.17) is 4.74 Å². The third-order valence-corrected chi connectivity index (χ3v) is 3.76. The van der Waals surface area contributed by atoms with Crippen molar-refractivity contribution in [2.24, 2.45) is 0 Å². The summed E-state index contributed by atoms with van der Waals surface area (Å²) in [6.45, 7) is 6.92. The van der Waals surface area contributed by atoms with Crippen molar-refractivity contribution in [1.82, 2.24) is 4.98 Å². The van der Waals surface area contributed by atoms with E-state index >= 15 is 0 Å². The summed E-state index contributed by atoms with van der Waals surface area (Å²) in [5.41, 5.74) is 1.77. The number of hydrogen-bond acceptors (Lipinski definition) is 4. The van der Waals surface area contributed by atoms with E-state index in [1.165, 1.54) is 10.9 Å². The van der Waals surface area contributed by atoms with Crippen LogP contribution in [0, 0.1) is 19.7 Å². The van der Waals surface area contributed by atoms with Crippen molar-refractivity contribution in [1.29, 1.82) is 0 Å². The monoisotopic (exact) mass is 280 g/mol. The lowest BCUT2D eigenvalue weighted by atomic mass is 10.3. The first-order valence-corrected chi connectivity index (χ1v) is 7.01. The van der Waals surface area contributed by atoms with Crippen LogP contribution < -0.4 is 10.1 Å². The fraction of sp³-hybridized carbons (Fsp3) is 0.357. The van der Waals surface area contributed by atoms with Crippen molar-refractivity contribution in [3.63, 3.8) is 0 Å². The number of ether oxygens (including phenoxy) is 1. The van der Waals surface area contributed by atoms with Crippen LogP contribution >= 0.6 is 11.3 Å². The number of hydrogen-bond donors (Lipinski definition) is 1. The summed E-state index contributed by atoms with van der Waals surface area (Å²) in [7, 11) is 0. The number of nitrogens with zero attached hydrogens (tertiary/aromatic N) is 1. The van der Waals surface area contributed by atoms with Crippen LogP contribution in [0.25, 0.3) is 0 Å². The third kappa shape index (κ3) is 3.44. The Morgan fingerprint density at radius 3 is 2.74 bits per heavy atom. The van der Waals surface area contributed by atoms with Gasteiger partial charge in [0.25, 0.3) is 0 Å². The molecule has 0 radical (unpaired) electrons. The Morgan fingerprint density at radius 1 is 1.37 bits per heavy atom. The van der Waals surface area contributed by atoms with Crippen molar-refractivity contribution in [2.45, 2.75) is 27.3 Å². The van der Waals surface area contributed by atoms with E-state index in [-0.39, 0.29) is 11.6 Å². The molecule has 0 unspecified atom stereocenters. The van der Waals surface area contributed by atoms with Crippen LogP contribution in [0.1, 0.15) is 22.5 Å². The molecule has 1 heterocycles. The molecule has 0 aliphatic carbocycles. The van der Waals surface area contributed by atoms with E-state index in [1.54, 1.807) is 17.4 Å². The zero-order valence-corrected chi connectivity index (χ0v) is 12.1. The van der Waals surface area contributed by atoms with Gasteiger partial charge in [0.15, 0.2) is 11.6 Å². The Balaban J connectivity index is 2.04. The average molecular weight is 280 g/mol. The molecule has 1 aromatic carbocycles. The molecular formula is C14H17FN2OS. The topological polar surface area (TPSA) is 34.1 Å². The first-order chi connectivity index (χ1) is 9.10. The largest absolute Gasteiger partial charge is 0.491 e. The highest BCUT2D eigenvalue weighted by Crippen LogP contribution is 2.23. The number of nitrogens with one attached hydrogen (secondary N) is 1. The first-order valence-electron chi connectivity index (χ1n) is 6.19. The molecule has 3 nitrogen and oxygen atoms in total. The van der Waals surface area contributed by atoms with Gasteiger partial charge in [-0.05, 0) is 32.9 Å². The minimum atomic E-state index is -0.343. The van der Waals surface area contributed by atoms with Gasteiger partial charge in [0.2, 0.25) is 0 Å². The SMILES string of the molecule is CCOc1ccc(NCc2sc(C)nc2C)cc1F. The van der Waals surface area contributed by atoms with E-state index < -0.39 is 0 Å². The quantitative estimate of drug-likeness (QED) is 0.901. The van der Waals surface area contributed by atoms with Crippen LogP contribution in [0.3, 0.4) is 0 Å². The van der Waals surface area contributed by atoms with Crippen molar-refractivity contribution in [3.8, 4) is 5.75 Å². The normalized spacial score (nSPS) is 10.5. The number of halogens is 1. The number of benzene rings is 1. The molecule has 0 bridgehead atoms. The van der Waals surface area contributed by atoms with Gasteiger partial charge in [-0.2, -0.15) is 0 Å². The van der Waals surface area contributed by atoms with Crippen LogP contribution in [0.5, 0.6) is 5.75 Å². The summed E-state index contributed by atoms with van der Waals surface area (Å²) >= 11 is 1.66. The molecule has 1 aromatic heterocycles. The summed E-state index contributed by atoms with van der Waals surface area (Å²) in [6, 6.07) is 4.91. The minimum Gasteiger partial charge on any atom is -0.491 e. The molecule has 0 aliphatic rings. The molecule has 102 valence electrons. The first kappa shape index (κ1) is 13.8. The molecule has 0 fully saturated rings. The second-order valence-electron chi connectivity index (χ2n) is 4.17. The number of rotatable bonds is 5. The second-order valence-corrected chi connectivity index (χ2v) is 5.46. The molecule has 2 rings (SSSR count). The van der Waals surface area contributed by atoms with E-state index in [2.05, 4.69) is 10.3 Å². The van der Waals surface area contributed by atoms with Gasteiger partial charge < -0.3 is 10.1 Å². The molecule has 0 aliphatic heterocycles. The molecule has 0 amide bonds. The number of aromatic nitrogens is 1. The Morgan fingerprint density at radius 2 is 2.16 bits per heavy atom. The molecule has 0 atom stereocenters. The highest BCUT2D eigenvalue weighted by molar-refractivity contribution is 7.11. The van der Waals surface area contributed by atoms with Crippen LogP contribution in [0.2, 0.25) is 0 Å². The van der Waals surface area contributed by atoms with Gasteiger partial charge in [0.05, 0.1) is 23.9 Å². The van der Waals surface area contributed by atoms with Gasteiger partial charge in [-0.3, -0.25) is 0 Å². The number of aryl methyl sites for hydroxylation is 2. The standard InChI is InChI=1S/C14H17FN2OS/c1-4-18-13-6-5-11(7-12(13)15)16-8-14-9(2)17-10(3)19-14/h5-7,16H,4,8H2,1-3H3. The van der Waals surface area contributed by atoms with Crippen LogP contribution in [0.4, 0.5) is 10.1 Å². The van der Waals surface area contributed by atoms with E-state index in [0.717, 1.165) is 16.4 Å². The van der Waals surface area contributed by atoms with Gasteiger partial charge in [0, 0.05) is 16.6 Å². The predicted octanol–water partition coefficient (Wildman–Crippen LogP) is 3.91. The highest BCUT2D eigenvalue weighted by Gasteiger charge is 2.07.